The summed E-state index contributed by atoms with van der Waals surface area (Å²) in [7, 11) is 0. The Morgan fingerprint density at radius 2 is 1.89 bits per heavy atom. The van der Waals surface area contributed by atoms with E-state index in [-0.39, 0.29) is 12.5 Å². The summed E-state index contributed by atoms with van der Waals surface area (Å²) in [5.74, 6) is 1.04. The predicted molar refractivity (Wildman–Crippen MR) is 74.9 cm³/mol. The second-order valence-electron chi connectivity index (χ2n) is 4.69. The number of rotatable bonds is 8. The molecule has 0 aromatic heterocycles. The maximum atomic E-state index is 8.93. The van der Waals surface area contributed by atoms with E-state index in [0.717, 1.165) is 18.7 Å². The van der Waals surface area contributed by atoms with Crippen molar-refractivity contribution in [2.45, 2.75) is 33.2 Å². The Labute approximate surface area is 110 Å². The maximum absolute atomic E-state index is 8.93. The van der Waals surface area contributed by atoms with Crippen LogP contribution in [0.4, 0.5) is 0 Å². The summed E-state index contributed by atoms with van der Waals surface area (Å²) < 4.78 is 5.61. The number of aliphatic hydroxyl groups excluding tert-OH is 1. The van der Waals surface area contributed by atoms with Gasteiger partial charge in [-0.1, -0.05) is 32.9 Å². The van der Waals surface area contributed by atoms with Crippen LogP contribution >= 0.6 is 0 Å². The van der Waals surface area contributed by atoms with Crippen molar-refractivity contribution in [3.05, 3.63) is 29.8 Å². The van der Waals surface area contributed by atoms with Gasteiger partial charge in [0.15, 0.2) is 0 Å². The van der Waals surface area contributed by atoms with Crippen LogP contribution in [0.1, 0.15) is 38.8 Å². The van der Waals surface area contributed by atoms with Crippen LogP contribution in [0.5, 0.6) is 5.75 Å². The van der Waals surface area contributed by atoms with Crippen LogP contribution in [0, 0.1) is 5.92 Å². The van der Waals surface area contributed by atoms with Crippen molar-refractivity contribution in [1.82, 2.24) is 5.32 Å². The predicted octanol–water partition coefficient (Wildman–Crippen LogP) is 2.75. The van der Waals surface area contributed by atoms with Crippen molar-refractivity contribution >= 4 is 0 Å². The zero-order valence-electron chi connectivity index (χ0n) is 11.6. The molecule has 0 aliphatic carbocycles. The highest BCUT2D eigenvalue weighted by molar-refractivity contribution is 5.29. The summed E-state index contributed by atoms with van der Waals surface area (Å²) in [6.45, 7) is 7.96. The van der Waals surface area contributed by atoms with Gasteiger partial charge in [-0.25, -0.2) is 0 Å². The van der Waals surface area contributed by atoms with Crippen molar-refractivity contribution in [2.75, 3.05) is 19.8 Å². The van der Waals surface area contributed by atoms with E-state index in [4.69, 9.17) is 9.84 Å². The van der Waals surface area contributed by atoms with E-state index >= 15 is 0 Å². The molecule has 0 amide bonds. The molecule has 2 atom stereocenters. The molecule has 3 nitrogen and oxygen atoms in total. The average Bonchev–Trinajstić information content (AvgIpc) is 2.42. The Hall–Kier alpha value is -1.06. The van der Waals surface area contributed by atoms with Gasteiger partial charge in [-0.15, -0.1) is 0 Å². The number of nitrogens with one attached hydrogen (secondary N) is 1. The first-order valence-electron chi connectivity index (χ1n) is 6.78. The Bertz CT molecular complexity index is 324. The highest BCUT2D eigenvalue weighted by Gasteiger charge is 2.07. The molecule has 1 aromatic rings. The highest BCUT2D eigenvalue weighted by Crippen LogP contribution is 2.20. The van der Waals surface area contributed by atoms with E-state index in [1.54, 1.807) is 0 Å². The second kappa shape index (κ2) is 8.11. The number of benzene rings is 1. The summed E-state index contributed by atoms with van der Waals surface area (Å²) in [5.41, 5.74) is 1.29. The van der Waals surface area contributed by atoms with Gasteiger partial charge in [-0.3, -0.25) is 0 Å². The minimum atomic E-state index is 0.163. The Kier molecular flexibility index (Phi) is 6.76. The maximum Gasteiger partial charge on any atom is 0.119 e. The average molecular weight is 251 g/mol. The molecule has 0 fully saturated rings. The van der Waals surface area contributed by atoms with Crippen molar-refractivity contribution in [1.29, 1.82) is 0 Å². The lowest BCUT2D eigenvalue weighted by Gasteiger charge is -2.17. The molecule has 0 saturated carbocycles. The van der Waals surface area contributed by atoms with Gasteiger partial charge in [0.05, 0.1) is 6.61 Å². The first-order valence-corrected chi connectivity index (χ1v) is 6.78. The zero-order chi connectivity index (χ0) is 13.4. The molecule has 0 spiro atoms. The summed E-state index contributed by atoms with van der Waals surface area (Å²) >= 11 is 0. The third kappa shape index (κ3) is 4.67. The fourth-order valence-corrected chi connectivity index (χ4v) is 1.83. The second-order valence-corrected chi connectivity index (χ2v) is 4.69. The largest absolute Gasteiger partial charge is 0.493 e. The minimum Gasteiger partial charge on any atom is -0.493 e. The van der Waals surface area contributed by atoms with Gasteiger partial charge in [0.25, 0.3) is 0 Å². The normalized spacial score (nSPS) is 14.2. The van der Waals surface area contributed by atoms with E-state index in [2.05, 4.69) is 31.3 Å². The fraction of sp³-hybridized carbons (Fsp3) is 0.600. The van der Waals surface area contributed by atoms with Crippen LogP contribution in [0.2, 0.25) is 0 Å². The van der Waals surface area contributed by atoms with Gasteiger partial charge in [-0.05, 0) is 30.7 Å². The molecule has 2 N–H and O–H groups in total. The Morgan fingerprint density at radius 3 is 2.39 bits per heavy atom. The molecule has 2 unspecified atom stereocenters. The van der Waals surface area contributed by atoms with Crippen LogP contribution in [-0.2, 0) is 0 Å². The van der Waals surface area contributed by atoms with E-state index < -0.39 is 0 Å². The smallest absolute Gasteiger partial charge is 0.119 e. The molecule has 3 heteroatoms. The first-order chi connectivity index (χ1) is 8.71. The molecule has 18 heavy (non-hydrogen) atoms. The molecule has 1 rings (SSSR count). The Balaban J connectivity index is 2.56. The molecular formula is C15H25NO2. The van der Waals surface area contributed by atoms with Gasteiger partial charge in [-0.2, -0.15) is 0 Å². The van der Waals surface area contributed by atoms with Gasteiger partial charge >= 0.3 is 0 Å². The number of aliphatic hydroxyl groups is 1. The van der Waals surface area contributed by atoms with Gasteiger partial charge in [0, 0.05) is 18.6 Å². The van der Waals surface area contributed by atoms with Crippen molar-refractivity contribution in [3.8, 4) is 5.75 Å². The molecular weight excluding hydrogens is 226 g/mol. The van der Waals surface area contributed by atoms with Crippen molar-refractivity contribution in [2.24, 2.45) is 5.92 Å². The van der Waals surface area contributed by atoms with Crippen LogP contribution in [0.25, 0.3) is 0 Å². The molecule has 0 bridgehead atoms. The molecule has 0 heterocycles. The summed E-state index contributed by atoms with van der Waals surface area (Å²) in [5, 5.41) is 12.4. The lowest BCUT2D eigenvalue weighted by atomic mass is 10.0. The number of ether oxygens (including phenoxy) is 1. The van der Waals surface area contributed by atoms with Crippen molar-refractivity contribution in [3.63, 3.8) is 0 Å². The lowest BCUT2D eigenvalue weighted by Crippen LogP contribution is -2.19. The quantitative estimate of drug-likeness (QED) is 0.746. The lowest BCUT2D eigenvalue weighted by molar-refractivity contribution is 0.174. The third-order valence-electron chi connectivity index (χ3n) is 2.99. The molecule has 0 saturated heterocycles. The summed E-state index contributed by atoms with van der Waals surface area (Å²) in [6.07, 6.45) is 1.08. The van der Waals surface area contributed by atoms with Crippen LogP contribution in [0.3, 0.4) is 0 Å². The Morgan fingerprint density at radius 1 is 1.22 bits per heavy atom. The van der Waals surface area contributed by atoms with Crippen LogP contribution in [0.15, 0.2) is 24.3 Å². The zero-order valence-corrected chi connectivity index (χ0v) is 11.6. The molecule has 102 valence electrons. The number of hydrogen-bond donors (Lipinski definition) is 2. The monoisotopic (exact) mass is 251 g/mol. The molecule has 0 aliphatic heterocycles. The van der Waals surface area contributed by atoms with Gasteiger partial charge in [0.2, 0.25) is 0 Å². The summed E-state index contributed by atoms with van der Waals surface area (Å²) in [6, 6.07) is 8.63. The standard InChI is InChI=1S/C15H25NO2/c1-4-15(16-5-2)13-6-8-14(9-7-13)18-11-12(3)10-17/h6-9,12,15-17H,4-5,10-11H2,1-3H3. The molecule has 0 radical (unpaired) electrons. The third-order valence-corrected chi connectivity index (χ3v) is 2.99. The topological polar surface area (TPSA) is 41.5 Å². The van der Waals surface area contributed by atoms with E-state index in [9.17, 15) is 0 Å². The first kappa shape index (κ1) is 15.0. The molecule has 0 aliphatic rings. The van der Waals surface area contributed by atoms with Crippen LogP contribution in [-0.4, -0.2) is 24.9 Å². The van der Waals surface area contributed by atoms with E-state index in [0.29, 0.717) is 12.6 Å². The van der Waals surface area contributed by atoms with Crippen LogP contribution < -0.4 is 10.1 Å². The summed E-state index contributed by atoms with van der Waals surface area (Å²) in [4.78, 5) is 0. The van der Waals surface area contributed by atoms with Gasteiger partial charge < -0.3 is 15.2 Å². The van der Waals surface area contributed by atoms with Crippen molar-refractivity contribution < 1.29 is 9.84 Å². The SMILES string of the molecule is CCNC(CC)c1ccc(OCC(C)CO)cc1. The van der Waals surface area contributed by atoms with Gasteiger partial charge in [0.1, 0.15) is 5.75 Å². The minimum absolute atomic E-state index is 0.163. The highest BCUT2D eigenvalue weighted by atomic mass is 16.5. The fourth-order valence-electron chi connectivity index (χ4n) is 1.83. The number of hydrogen-bond acceptors (Lipinski definition) is 3. The van der Waals surface area contributed by atoms with E-state index in [1.807, 2.05) is 19.1 Å². The van der Waals surface area contributed by atoms with E-state index in [1.165, 1.54) is 5.56 Å². The molecule has 1 aromatic carbocycles.